The van der Waals surface area contributed by atoms with Crippen molar-refractivity contribution in [3.63, 3.8) is 0 Å². The van der Waals surface area contributed by atoms with E-state index in [-0.39, 0.29) is 38.7 Å². The van der Waals surface area contributed by atoms with Crippen molar-refractivity contribution >= 4 is 17.5 Å². The first-order valence-electron chi connectivity index (χ1n) is 8.26. The number of aromatic nitrogens is 2. The van der Waals surface area contributed by atoms with Crippen LogP contribution in [0.1, 0.15) is 11.3 Å². The van der Waals surface area contributed by atoms with Gasteiger partial charge in [0.2, 0.25) is 0 Å². The van der Waals surface area contributed by atoms with E-state index in [0.717, 1.165) is 22.7 Å². The van der Waals surface area contributed by atoms with E-state index in [0.29, 0.717) is 17.9 Å². The molecule has 1 aromatic heterocycles. The Morgan fingerprint density at radius 2 is 1.89 bits per heavy atom. The van der Waals surface area contributed by atoms with Crippen molar-refractivity contribution in [2.75, 3.05) is 17.7 Å². The maximum Gasteiger partial charge on any atom is 0.324 e. The van der Waals surface area contributed by atoms with Gasteiger partial charge >= 0.3 is 6.03 Å². The zero-order valence-corrected chi connectivity index (χ0v) is 18.2. The molecule has 3 rings (SSSR count). The van der Waals surface area contributed by atoms with Crippen LogP contribution in [-0.4, -0.2) is 22.9 Å². The van der Waals surface area contributed by atoms with Crippen LogP contribution < -0.4 is 15.4 Å². The van der Waals surface area contributed by atoms with Gasteiger partial charge in [0.1, 0.15) is 11.6 Å². The number of aryl methyl sites for hydroxylation is 1. The van der Waals surface area contributed by atoms with Crippen LogP contribution in [0, 0.1) is 13.8 Å². The summed E-state index contributed by atoms with van der Waals surface area (Å²) in [5, 5.41) is 10.1. The second-order valence-corrected chi connectivity index (χ2v) is 5.81. The van der Waals surface area contributed by atoms with Gasteiger partial charge in [0.25, 0.3) is 0 Å². The number of carbonyl (C=O) groups is 1. The third kappa shape index (κ3) is 5.40. The predicted octanol–water partition coefficient (Wildman–Crippen LogP) is 4.21. The van der Waals surface area contributed by atoms with Gasteiger partial charge in [0.05, 0.1) is 18.5 Å². The molecule has 0 saturated carbocycles. The maximum atomic E-state index is 12.3. The molecule has 2 aromatic carbocycles. The molecular formula is C20H21N4O2Y-. The molecule has 1 radical (unpaired) electrons. The quantitative estimate of drug-likeness (QED) is 0.587. The van der Waals surface area contributed by atoms with Gasteiger partial charge in [-0.05, 0) is 43.3 Å². The Morgan fingerprint density at radius 3 is 2.56 bits per heavy atom. The van der Waals surface area contributed by atoms with Gasteiger partial charge in [-0.15, -0.1) is 0 Å². The minimum atomic E-state index is -0.343. The van der Waals surface area contributed by atoms with Gasteiger partial charge in [0, 0.05) is 44.5 Å². The predicted molar refractivity (Wildman–Crippen MR) is 103 cm³/mol. The topological polar surface area (TPSA) is 68.2 Å². The third-order valence-electron chi connectivity index (χ3n) is 3.86. The number of nitrogens with one attached hydrogen (secondary N) is 2. The average molecular weight is 438 g/mol. The first kappa shape index (κ1) is 21.1. The van der Waals surface area contributed by atoms with Crippen molar-refractivity contribution < 1.29 is 42.2 Å². The van der Waals surface area contributed by atoms with Gasteiger partial charge in [-0.25, -0.2) is 9.48 Å². The number of carbonyl (C=O) groups excluding carboxylic acids is 1. The van der Waals surface area contributed by atoms with Crippen molar-refractivity contribution in [3.8, 4) is 11.4 Å². The number of hydrogen-bond acceptors (Lipinski definition) is 3. The largest absolute Gasteiger partial charge is 0.497 e. The van der Waals surface area contributed by atoms with Gasteiger partial charge < -0.3 is 17.0 Å². The fraction of sp³-hybridized carbons (Fsp3) is 0.150. The van der Waals surface area contributed by atoms with Crippen LogP contribution in [-0.2, 0) is 39.1 Å². The summed E-state index contributed by atoms with van der Waals surface area (Å²) in [4.78, 5) is 12.3. The fourth-order valence-corrected chi connectivity index (χ4v) is 2.58. The molecule has 0 unspecified atom stereocenters. The number of ether oxygens (including phenoxy) is 1. The molecule has 0 aliphatic heterocycles. The number of rotatable bonds is 5. The number of nitrogens with zero attached hydrogens (tertiary/aromatic N) is 2. The summed E-state index contributed by atoms with van der Waals surface area (Å²) in [7, 11) is 1.60. The number of urea groups is 1. The van der Waals surface area contributed by atoms with E-state index < -0.39 is 0 Å². The maximum absolute atomic E-state index is 12.3. The smallest absolute Gasteiger partial charge is 0.324 e. The second kappa shape index (κ2) is 9.67. The minimum absolute atomic E-state index is 0. The molecule has 2 N–H and O–H groups in total. The standard InChI is InChI=1S/C20H21N4O2.Y/c1-4-15-6-5-7-17(13-15)24-19(12-14(2)23-24)22-20(25)21-16-8-10-18(26-3)11-9-16;/h5-13H,1,4H2,2-3H3,(H2,21,22,25);/q-1;. The zero-order chi connectivity index (χ0) is 18.5. The Morgan fingerprint density at radius 1 is 1.15 bits per heavy atom. The number of benzene rings is 2. The molecule has 0 saturated heterocycles. The normalized spacial score (nSPS) is 10.0. The average Bonchev–Trinajstić information content (AvgIpc) is 3.02. The number of methoxy groups -OCH3 is 1. The number of amides is 2. The Kier molecular flexibility index (Phi) is 7.57. The van der Waals surface area contributed by atoms with E-state index in [1.54, 1.807) is 36.1 Å². The van der Waals surface area contributed by atoms with E-state index in [1.807, 2.05) is 37.3 Å². The van der Waals surface area contributed by atoms with Crippen LogP contribution in [0.4, 0.5) is 16.3 Å². The molecule has 0 atom stereocenters. The first-order chi connectivity index (χ1) is 12.6. The second-order valence-electron chi connectivity index (χ2n) is 5.81. The van der Waals surface area contributed by atoms with Crippen LogP contribution in [0.5, 0.6) is 5.75 Å². The fourth-order valence-electron chi connectivity index (χ4n) is 2.58. The van der Waals surface area contributed by atoms with Gasteiger partial charge in [0.15, 0.2) is 0 Å². The molecule has 2 amide bonds. The molecule has 6 nitrogen and oxygen atoms in total. The molecule has 3 aromatic rings. The number of anilines is 2. The molecule has 0 aliphatic carbocycles. The Hall–Kier alpha value is -2.18. The summed E-state index contributed by atoms with van der Waals surface area (Å²) in [6, 6.07) is 16.5. The summed E-state index contributed by atoms with van der Waals surface area (Å²) < 4.78 is 6.82. The third-order valence-corrected chi connectivity index (χ3v) is 3.86. The van der Waals surface area contributed by atoms with Crippen molar-refractivity contribution in [3.05, 3.63) is 72.8 Å². The van der Waals surface area contributed by atoms with Crippen LogP contribution in [0.25, 0.3) is 5.69 Å². The Balaban J connectivity index is 0.00000261. The molecule has 27 heavy (non-hydrogen) atoms. The van der Waals surface area contributed by atoms with Crippen LogP contribution in [0.2, 0.25) is 0 Å². The van der Waals surface area contributed by atoms with E-state index in [4.69, 9.17) is 4.74 Å². The zero-order valence-electron chi connectivity index (χ0n) is 15.4. The molecule has 0 bridgehead atoms. The van der Waals surface area contributed by atoms with Crippen molar-refractivity contribution in [1.29, 1.82) is 0 Å². The van der Waals surface area contributed by atoms with Crippen LogP contribution in [0.15, 0.2) is 54.6 Å². The van der Waals surface area contributed by atoms with Crippen LogP contribution >= 0.6 is 0 Å². The molecule has 0 spiro atoms. The molecule has 7 heteroatoms. The summed E-state index contributed by atoms with van der Waals surface area (Å²) >= 11 is 0. The van der Waals surface area contributed by atoms with Crippen molar-refractivity contribution in [2.24, 2.45) is 0 Å². The van der Waals surface area contributed by atoms with Gasteiger partial charge in [-0.1, -0.05) is 17.7 Å². The van der Waals surface area contributed by atoms with Gasteiger partial charge in [-0.3, -0.25) is 5.32 Å². The molecule has 0 fully saturated rings. The molecule has 1 heterocycles. The van der Waals surface area contributed by atoms with E-state index in [2.05, 4.69) is 22.7 Å². The monoisotopic (exact) mass is 438 g/mol. The van der Waals surface area contributed by atoms with Crippen molar-refractivity contribution in [1.82, 2.24) is 9.78 Å². The summed E-state index contributed by atoms with van der Waals surface area (Å²) in [6.45, 7) is 5.79. The Bertz CT molecular complexity index is 907. The molecular weight excluding hydrogens is 417 g/mol. The Labute approximate surface area is 184 Å². The molecule has 0 aliphatic rings. The summed E-state index contributed by atoms with van der Waals surface area (Å²) in [5.41, 5.74) is 3.46. The van der Waals surface area contributed by atoms with E-state index >= 15 is 0 Å². The summed E-state index contributed by atoms with van der Waals surface area (Å²) in [6.07, 6.45) is 0.689. The molecule has 137 valence electrons. The SMILES string of the molecule is [CH2-]Cc1cccc(-n2nc(C)cc2NC(=O)Nc2ccc(OC)cc2)c1.[Y]. The number of hydrogen-bond donors (Lipinski definition) is 2. The first-order valence-corrected chi connectivity index (χ1v) is 8.26. The van der Waals surface area contributed by atoms with E-state index in [9.17, 15) is 4.79 Å². The van der Waals surface area contributed by atoms with E-state index in [1.165, 1.54) is 0 Å². The summed E-state index contributed by atoms with van der Waals surface area (Å²) in [5.74, 6) is 1.32. The van der Waals surface area contributed by atoms with Crippen molar-refractivity contribution in [2.45, 2.75) is 13.3 Å². The minimum Gasteiger partial charge on any atom is -0.497 e. The van der Waals surface area contributed by atoms with Gasteiger partial charge in [-0.2, -0.15) is 11.5 Å². The van der Waals surface area contributed by atoms with Crippen LogP contribution in [0.3, 0.4) is 0 Å².